The summed E-state index contributed by atoms with van der Waals surface area (Å²) in [6, 6.07) is 7.78. The van der Waals surface area contributed by atoms with E-state index in [9.17, 15) is 4.79 Å². The molecule has 1 aliphatic heterocycles. The third kappa shape index (κ3) is 2.84. The van der Waals surface area contributed by atoms with Gasteiger partial charge in [-0.05, 0) is 25.0 Å². The topological polar surface area (TPSA) is 64.3 Å². The van der Waals surface area contributed by atoms with Crippen LogP contribution in [0.1, 0.15) is 29.3 Å². The highest BCUT2D eigenvalue weighted by Gasteiger charge is 2.23. The van der Waals surface area contributed by atoms with Crippen LogP contribution in [0.25, 0.3) is 0 Å². The number of hydrogen-bond acceptors (Lipinski definition) is 3. The van der Waals surface area contributed by atoms with Gasteiger partial charge in [-0.1, -0.05) is 18.2 Å². The molecule has 1 aliphatic rings. The molecule has 3 N–H and O–H groups in total. The first-order valence-electron chi connectivity index (χ1n) is 5.91. The van der Waals surface area contributed by atoms with E-state index in [1.807, 2.05) is 18.2 Å². The minimum Gasteiger partial charge on any atom is -0.377 e. The van der Waals surface area contributed by atoms with E-state index >= 15 is 0 Å². The number of hydrogen-bond donors (Lipinski definition) is 2. The predicted molar refractivity (Wildman–Crippen MR) is 65.6 cm³/mol. The van der Waals surface area contributed by atoms with Gasteiger partial charge in [0.05, 0.1) is 6.10 Å². The zero-order valence-electron chi connectivity index (χ0n) is 9.98. The molecule has 17 heavy (non-hydrogen) atoms. The van der Waals surface area contributed by atoms with Gasteiger partial charge in [-0.3, -0.25) is 4.79 Å². The molecule has 92 valence electrons. The lowest BCUT2D eigenvalue weighted by Gasteiger charge is -2.16. The van der Waals surface area contributed by atoms with Crippen molar-refractivity contribution in [2.75, 3.05) is 6.61 Å². The second-order valence-corrected chi connectivity index (χ2v) is 4.37. The van der Waals surface area contributed by atoms with Crippen molar-refractivity contribution in [3.8, 4) is 0 Å². The van der Waals surface area contributed by atoms with Crippen molar-refractivity contribution < 1.29 is 9.53 Å². The molecule has 2 unspecified atom stereocenters. The van der Waals surface area contributed by atoms with Gasteiger partial charge < -0.3 is 15.8 Å². The van der Waals surface area contributed by atoms with Crippen LogP contribution in [0.4, 0.5) is 0 Å². The van der Waals surface area contributed by atoms with Gasteiger partial charge >= 0.3 is 0 Å². The molecule has 1 amide bonds. The molecule has 4 heteroatoms. The van der Waals surface area contributed by atoms with Gasteiger partial charge in [-0.2, -0.15) is 0 Å². The molecule has 1 aromatic rings. The Bertz CT molecular complexity index is 406. The van der Waals surface area contributed by atoms with Gasteiger partial charge in [0.2, 0.25) is 5.91 Å². The van der Waals surface area contributed by atoms with Gasteiger partial charge in [0, 0.05) is 24.8 Å². The molecule has 2 atom stereocenters. The van der Waals surface area contributed by atoms with Crippen LogP contribution in [-0.4, -0.2) is 24.7 Å². The van der Waals surface area contributed by atoms with E-state index in [1.165, 1.54) is 0 Å². The Morgan fingerprint density at radius 1 is 1.53 bits per heavy atom. The molecule has 0 spiro atoms. The van der Waals surface area contributed by atoms with Crippen molar-refractivity contribution in [2.45, 2.75) is 32.0 Å². The van der Waals surface area contributed by atoms with Crippen LogP contribution in [0.5, 0.6) is 0 Å². The molecule has 2 rings (SSSR count). The Labute approximate surface area is 101 Å². The standard InChI is InChI=1S/C13H18N2O2/c1-9-12(6-7-17-9)15-8-10-4-2-3-5-11(10)13(14)16/h2-5,9,12,15H,6-8H2,1H3,(H2,14,16). The fourth-order valence-electron chi connectivity index (χ4n) is 2.16. The summed E-state index contributed by atoms with van der Waals surface area (Å²) in [5, 5.41) is 3.41. The normalized spacial score (nSPS) is 23.8. The van der Waals surface area contributed by atoms with Gasteiger partial charge in [-0.15, -0.1) is 0 Å². The maximum absolute atomic E-state index is 11.3. The van der Waals surface area contributed by atoms with E-state index in [4.69, 9.17) is 10.5 Å². The Morgan fingerprint density at radius 2 is 2.29 bits per heavy atom. The quantitative estimate of drug-likeness (QED) is 0.818. The lowest BCUT2D eigenvalue weighted by Crippen LogP contribution is -2.34. The molecule has 4 nitrogen and oxygen atoms in total. The molecule has 0 bridgehead atoms. The number of carbonyl (C=O) groups is 1. The summed E-state index contributed by atoms with van der Waals surface area (Å²) in [7, 11) is 0. The van der Waals surface area contributed by atoms with Crippen LogP contribution >= 0.6 is 0 Å². The summed E-state index contributed by atoms with van der Waals surface area (Å²) in [5.41, 5.74) is 6.87. The van der Waals surface area contributed by atoms with E-state index in [-0.39, 0.29) is 12.0 Å². The molecular formula is C13H18N2O2. The van der Waals surface area contributed by atoms with Crippen molar-refractivity contribution in [3.05, 3.63) is 35.4 Å². The second-order valence-electron chi connectivity index (χ2n) is 4.37. The SMILES string of the molecule is CC1OCCC1NCc1ccccc1C(N)=O. The highest BCUT2D eigenvalue weighted by atomic mass is 16.5. The fraction of sp³-hybridized carbons (Fsp3) is 0.462. The lowest BCUT2D eigenvalue weighted by atomic mass is 10.1. The summed E-state index contributed by atoms with van der Waals surface area (Å²) in [5.74, 6) is -0.377. The first-order chi connectivity index (χ1) is 8.18. The number of nitrogens with one attached hydrogen (secondary N) is 1. The minimum absolute atomic E-state index is 0.232. The highest BCUT2D eigenvalue weighted by molar-refractivity contribution is 5.94. The number of amides is 1. The fourth-order valence-corrected chi connectivity index (χ4v) is 2.16. The maximum atomic E-state index is 11.3. The van der Waals surface area contributed by atoms with Crippen molar-refractivity contribution in [2.24, 2.45) is 5.73 Å². The van der Waals surface area contributed by atoms with Crippen LogP contribution in [0.2, 0.25) is 0 Å². The number of rotatable bonds is 4. The third-order valence-electron chi connectivity index (χ3n) is 3.21. The number of carbonyl (C=O) groups excluding carboxylic acids is 1. The summed E-state index contributed by atoms with van der Waals surface area (Å²) in [6.07, 6.45) is 1.25. The molecule has 0 aromatic heterocycles. The highest BCUT2D eigenvalue weighted by Crippen LogP contribution is 2.14. The number of benzene rings is 1. The van der Waals surface area contributed by atoms with Crippen LogP contribution in [0, 0.1) is 0 Å². The van der Waals surface area contributed by atoms with E-state index in [1.54, 1.807) is 6.07 Å². The van der Waals surface area contributed by atoms with Gasteiger partial charge in [0.15, 0.2) is 0 Å². The molecule has 1 saturated heterocycles. The summed E-state index contributed by atoms with van der Waals surface area (Å²) in [4.78, 5) is 11.3. The van der Waals surface area contributed by atoms with Crippen molar-refractivity contribution in [1.29, 1.82) is 0 Å². The van der Waals surface area contributed by atoms with Crippen LogP contribution < -0.4 is 11.1 Å². The first-order valence-corrected chi connectivity index (χ1v) is 5.91. The molecule has 1 fully saturated rings. The Hall–Kier alpha value is -1.39. The van der Waals surface area contributed by atoms with Crippen LogP contribution in [-0.2, 0) is 11.3 Å². The minimum atomic E-state index is -0.377. The van der Waals surface area contributed by atoms with E-state index in [0.29, 0.717) is 18.2 Å². The average molecular weight is 234 g/mol. The molecule has 1 heterocycles. The third-order valence-corrected chi connectivity index (χ3v) is 3.21. The van der Waals surface area contributed by atoms with Crippen molar-refractivity contribution in [1.82, 2.24) is 5.32 Å². The maximum Gasteiger partial charge on any atom is 0.249 e. The van der Waals surface area contributed by atoms with E-state index in [2.05, 4.69) is 12.2 Å². The zero-order chi connectivity index (χ0) is 12.3. The molecule has 0 saturated carbocycles. The largest absolute Gasteiger partial charge is 0.377 e. The van der Waals surface area contributed by atoms with Crippen molar-refractivity contribution >= 4 is 5.91 Å². The Balaban J connectivity index is 2.01. The number of nitrogens with two attached hydrogens (primary N) is 1. The summed E-state index contributed by atoms with van der Waals surface area (Å²) >= 11 is 0. The van der Waals surface area contributed by atoms with Crippen LogP contribution in [0.15, 0.2) is 24.3 Å². The molecule has 1 aromatic carbocycles. The van der Waals surface area contributed by atoms with Crippen molar-refractivity contribution in [3.63, 3.8) is 0 Å². The summed E-state index contributed by atoms with van der Waals surface area (Å²) in [6.45, 7) is 3.51. The monoisotopic (exact) mass is 234 g/mol. The zero-order valence-corrected chi connectivity index (χ0v) is 9.98. The molecule has 0 aliphatic carbocycles. The molecular weight excluding hydrogens is 216 g/mol. The number of primary amides is 1. The van der Waals surface area contributed by atoms with Gasteiger partial charge in [0.25, 0.3) is 0 Å². The molecule has 0 radical (unpaired) electrons. The van der Waals surface area contributed by atoms with E-state index in [0.717, 1.165) is 18.6 Å². The van der Waals surface area contributed by atoms with Gasteiger partial charge in [-0.25, -0.2) is 0 Å². The number of ether oxygens (including phenoxy) is 1. The lowest BCUT2D eigenvalue weighted by molar-refractivity contribution is 0.0999. The predicted octanol–water partition coefficient (Wildman–Crippen LogP) is 1.05. The average Bonchev–Trinajstić information content (AvgIpc) is 2.72. The van der Waals surface area contributed by atoms with Crippen LogP contribution in [0.3, 0.4) is 0 Å². The Morgan fingerprint density at radius 3 is 2.94 bits per heavy atom. The van der Waals surface area contributed by atoms with Gasteiger partial charge in [0.1, 0.15) is 0 Å². The second kappa shape index (κ2) is 5.29. The summed E-state index contributed by atoms with van der Waals surface area (Å²) < 4.78 is 5.48. The Kier molecular flexibility index (Phi) is 3.76. The van der Waals surface area contributed by atoms with E-state index < -0.39 is 0 Å². The first kappa shape index (κ1) is 12.1. The smallest absolute Gasteiger partial charge is 0.249 e.